The van der Waals surface area contributed by atoms with Gasteiger partial charge < -0.3 is 14.8 Å². The molecule has 21 heavy (non-hydrogen) atoms. The minimum absolute atomic E-state index is 0.0195. The Balaban J connectivity index is 1.93. The fraction of sp³-hybridized carbons (Fsp3) is 0.250. The third-order valence-electron chi connectivity index (χ3n) is 3.54. The normalized spacial score (nSPS) is 18.4. The zero-order chi connectivity index (χ0) is 14.8. The first kappa shape index (κ1) is 13.4. The molecule has 1 unspecified atom stereocenters. The lowest BCUT2D eigenvalue weighted by atomic mass is 10.1. The number of hydrogen-bond acceptors (Lipinski definition) is 2. The molecule has 1 aromatic heterocycles. The summed E-state index contributed by atoms with van der Waals surface area (Å²) in [6.07, 6.45) is 3.80. The van der Waals surface area contributed by atoms with Crippen LogP contribution in [0.1, 0.15) is 17.3 Å². The van der Waals surface area contributed by atoms with E-state index in [0.717, 1.165) is 5.69 Å². The Morgan fingerprint density at radius 1 is 1.19 bits per heavy atom. The quantitative estimate of drug-likeness (QED) is 0.906. The number of carbonyl (C=O) groups is 2. The summed E-state index contributed by atoms with van der Waals surface area (Å²) in [4.78, 5) is 26.0. The number of carbonyl (C=O) groups excluding carboxylic acids is 2. The molecule has 1 aliphatic rings. The van der Waals surface area contributed by atoms with Crippen molar-refractivity contribution in [3.05, 3.63) is 54.4 Å². The second-order valence-corrected chi connectivity index (χ2v) is 5.26. The van der Waals surface area contributed by atoms with Gasteiger partial charge in [0, 0.05) is 25.0 Å². The van der Waals surface area contributed by atoms with Crippen molar-refractivity contribution in [1.29, 1.82) is 0 Å². The molecule has 1 aromatic carbocycles. The Labute approximate surface area is 123 Å². The van der Waals surface area contributed by atoms with E-state index in [1.807, 2.05) is 54.2 Å². The Bertz CT molecular complexity index is 664. The van der Waals surface area contributed by atoms with Gasteiger partial charge in [0.15, 0.2) is 0 Å². The maximum atomic E-state index is 12.7. The van der Waals surface area contributed by atoms with Crippen LogP contribution in [0.3, 0.4) is 0 Å². The number of nitrogens with zero attached hydrogens (tertiary/aromatic N) is 2. The second kappa shape index (κ2) is 5.44. The molecule has 1 saturated heterocycles. The van der Waals surface area contributed by atoms with E-state index in [4.69, 9.17) is 0 Å². The van der Waals surface area contributed by atoms with Gasteiger partial charge in [-0.2, -0.15) is 0 Å². The number of hydrogen-bond donors (Lipinski definition) is 1. The number of rotatable bonds is 2. The minimum Gasteiger partial charge on any atom is -0.350 e. The number of piperazine rings is 1. The van der Waals surface area contributed by atoms with E-state index in [2.05, 4.69) is 5.32 Å². The van der Waals surface area contributed by atoms with Crippen molar-refractivity contribution in [3.8, 4) is 5.69 Å². The molecule has 1 atom stereocenters. The monoisotopic (exact) mass is 283 g/mol. The van der Waals surface area contributed by atoms with Crippen molar-refractivity contribution >= 4 is 11.8 Å². The molecular weight excluding hydrogens is 266 g/mol. The smallest absolute Gasteiger partial charge is 0.256 e. The van der Waals surface area contributed by atoms with E-state index in [-0.39, 0.29) is 24.4 Å². The molecule has 5 nitrogen and oxygen atoms in total. The van der Waals surface area contributed by atoms with Gasteiger partial charge in [-0.15, -0.1) is 0 Å². The standard InChI is InChI=1S/C16H17N3O2/c1-12-10-19(11-15(20)17-12)16(21)13-6-2-3-7-14(13)18-8-4-5-9-18/h2-9,12H,10-11H2,1H3,(H,17,20). The summed E-state index contributed by atoms with van der Waals surface area (Å²) in [5.41, 5.74) is 1.43. The second-order valence-electron chi connectivity index (χ2n) is 5.26. The molecule has 1 fully saturated rings. The predicted molar refractivity (Wildman–Crippen MR) is 79.3 cm³/mol. The number of amides is 2. The van der Waals surface area contributed by atoms with Crippen LogP contribution in [-0.2, 0) is 4.79 Å². The van der Waals surface area contributed by atoms with Crippen LogP contribution in [0.4, 0.5) is 0 Å². The van der Waals surface area contributed by atoms with Crippen molar-refractivity contribution in [3.63, 3.8) is 0 Å². The molecule has 5 heteroatoms. The van der Waals surface area contributed by atoms with Crippen LogP contribution in [0.5, 0.6) is 0 Å². The number of benzene rings is 1. The highest BCUT2D eigenvalue weighted by Crippen LogP contribution is 2.17. The van der Waals surface area contributed by atoms with Gasteiger partial charge in [-0.05, 0) is 31.2 Å². The summed E-state index contributed by atoms with van der Waals surface area (Å²) in [7, 11) is 0. The van der Waals surface area contributed by atoms with Gasteiger partial charge in [0.05, 0.1) is 17.8 Å². The van der Waals surface area contributed by atoms with Crippen molar-refractivity contribution in [2.45, 2.75) is 13.0 Å². The number of para-hydroxylation sites is 1. The number of aromatic nitrogens is 1. The molecule has 0 saturated carbocycles. The van der Waals surface area contributed by atoms with Crippen molar-refractivity contribution in [1.82, 2.24) is 14.8 Å². The summed E-state index contributed by atoms with van der Waals surface area (Å²) in [6, 6.07) is 11.3. The molecule has 108 valence electrons. The third-order valence-corrected chi connectivity index (χ3v) is 3.54. The SMILES string of the molecule is CC1CN(C(=O)c2ccccc2-n2cccc2)CC(=O)N1. The first-order valence-electron chi connectivity index (χ1n) is 6.96. The van der Waals surface area contributed by atoms with Crippen molar-refractivity contribution in [2.75, 3.05) is 13.1 Å². The first-order chi connectivity index (χ1) is 10.1. The Kier molecular flexibility index (Phi) is 3.48. The summed E-state index contributed by atoms with van der Waals surface area (Å²) >= 11 is 0. The molecule has 2 amide bonds. The van der Waals surface area contributed by atoms with Crippen molar-refractivity contribution in [2.24, 2.45) is 0 Å². The van der Waals surface area contributed by atoms with E-state index in [1.54, 1.807) is 11.0 Å². The van der Waals surface area contributed by atoms with E-state index in [9.17, 15) is 9.59 Å². The third kappa shape index (κ3) is 2.67. The van der Waals surface area contributed by atoms with E-state index in [0.29, 0.717) is 12.1 Å². The Morgan fingerprint density at radius 2 is 1.90 bits per heavy atom. The summed E-state index contributed by atoms with van der Waals surface area (Å²) < 4.78 is 1.90. The van der Waals surface area contributed by atoms with Gasteiger partial charge in [0.25, 0.3) is 5.91 Å². The molecule has 3 rings (SSSR count). The molecule has 2 aromatic rings. The molecule has 0 aliphatic carbocycles. The average Bonchev–Trinajstić information content (AvgIpc) is 2.99. The van der Waals surface area contributed by atoms with Crippen LogP contribution in [0.2, 0.25) is 0 Å². The lowest BCUT2D eigenvalue weighted by Gasteiger charge is -2.31. The summed E-state index contributed by atoms with van der Waals surface area (Å²) in [6.45, 7) is 2.54. The maximum absolute atomic E-state index is 12.7. The van der Waals surface area contributed by atoms with Crippen LogP contribution >= 0.6 is 0 Å². The molecular formula is C16H17N3O2. The molecule has 0 spiro atoms. The highest BCUT2D eigenvalue weighted by molar-refractivity contribution is 6.00. The van der Waals surface area contributed by atoms with E-state index < -0.39 is 0 Å². The zero-order valence-electron chi connectivity index (χ0n) is 11.8. The van der Waals surface area contributed by atoms with Crippen LogP contribution in [0.15, 0.2) is 48.8 Å². The fourth-order valence-electron chi connectivity index (χ4n) is 2.63. The highest BCUT2D eigenvalue weighted by atomic mass is 16.2. The number of nitrogens with one attached hydrogen (secondary N) is 1. The minimum atomic E-state index is -0.111. The average molecular weight is 283 g/mol. The van der Waals surface area contributed by atoms with E-state index in [1.165, 1.54) is 0 Å². The van der Waals surface area contributed by atoms with E-state index >= 15 is 0 Å². The Hall–Kier alpha value is -2.56. The van der Waals surface area contributed by atoms with Crippen LogP contribution in [0, 0.1) is 0 Å². The predicted octanol–water partition coefficient (Wildman–Crippen LogP) is 1.44. The molecule has 2 heterocycles. The van der Waals surface area contributed by atoms with Crippen LogP contribution < -0.4 is 5.32 Å². The van der Waals surface area contributed by atoms with Gasteiger partial charge in [-0.1, -0.05) is 12.1 Å². The van der Waals surface area contributed by atoms with Gasteiger partial charge in [0.1, 0.15) is 0 Å². The highest BCUT2D eigenvalue weighted by Gasteiger charge is 2.27. The lowest BCUT2D eigenvalue weighted by molar-refractivity contribution is -0.124. The van der Waals surface area contributed by atoms with Crippen molar-refractivity contribution < 1.29 is 9.59 Å². The molecule has 1 N–H and O–H groups in total. The van der Waals surface area contributed by atoms with Gasteiger partial charge in [-0.3, -0.25) is 9.59 Å². The lowest BCUT2D eigenvalue weighted by Crippen LogP contribution is -2.54. The molecule has 1 aliphatic heterocycles. The van der Waals surface area contributed by atoms with Gasteiger partial charge in [0.2, 0.25) is 5.91 Å². The first-order valence-corrected chi connectivity index (χ1v) is 6.96. The summed E-state index contributed by atoms with van der Waals surface area (Å²) in [5.74, 6) is -0.221. The topological polar surface area (TPSA) is 54.3 Å². The maximum Gasteiger partial charge on any atom is 0.256 e. The fourth-order valence-corrected chi connectivity index (χ4v) is 2.63. The summed E-state index contributed by atoms with van der Waals surface area (Å²) in [5, 5.41) is 2.82. The van der Waals surface area contributed by atoms with Gasteiger partial charge in [-0.25, -0.2) is 0 Å². The van der Waals surface area contributed by atoms with Crippen LogP contribution in [-0.4, -0.2) is 40.4 Å². The Morgan fingerprint density at radius 3 is 2.62 bits per heavy atom. The largest absolute Gasteiger partial charge is 0.350 e. The van der Waals surface area contributed by atoms with Gasteiger partial charge >= 0.3 is 0 Å². The molecule has 0 bridgehead atoms. The molecule has 0 radical (unpaired) electrons. The van der Waals surface area contributed by atoms with Crippen LogP contribution in [0.25, 0.3) is 5.69 Å². The zero-order valence-corrected chi connectivity index (χ0v) is 11.8.